The summed E-state index contributed by atoms with van der Waals surface area (Å²) in [5.74, 6) is -0.781. The lowest BCUT2D eigenvalue weighted by Crippen LogP contribution is -2.49. The third-order valence-corrected chi connectivity index (χ3v) is 7.45. The number of fused-ring (bicyclic) bond motifs is 1. The van der Waals surface area contributed by atoms with Crippen LogP contribution in [0.4, 0.5) is 9.80 Å². The van der Waals surface area contributed by atoms with Gasteiger partial charge in [-0.1, -0.05) is 6.92 Å². The highest BCUT2D eigenvalue weighted by Gasteiger charge is 2.52. The first kappa shape index (κ1) is 19.9. The minimum atomic E-state index is -0.870. The Morgan fingerprint density at radius 1 is 1.28 bits per heavy atom. The zero-order valence-corrected chi connectivity index (χ0v) is 17.4. The molecule has 1 aliphatic heterocycles. The molecule has 156 valence electrons. The molecule has 9 heteroatoms. The molecule has 1 saturated heterocycles. The second kappa shape index (κ2) is 7.44. The van der Waals surface area contributed by atoms with Gasteiger partial charge in [-0.3, -0.25) is 14.5 Å². The van der Waals surface area contributed by atoms with Gasteiger partial charge in [-0.05, 0) is 56.4 Å². The van der Waals surface area contributed by atoms with Crippen LogP contribution < -0.4 is 10.6 Å². The summed E-state index contributed by atoms with van der Waals surface area (Å²) < 4.78 is 4.88. The monoisotopic (exact) mass is 419 g/mol. The molecule has 2 heterocycles. The summed E-state index contributed by atoms with van der Waals surface area (Å²) >= 11 is 1.37. The van der Waals surface area contributed by atoms with Crippen molar-refractivity contribution in [2.75, 3.05) is 19.0 Å². The number of esters is 1. The number of hydrogen-bond acceptors (Lipinski definition) is 6. The number of imide groups is 1. The van der Waals surface area contributed by atoms with E-state index in [2.05, 4.69) is 17.6 Å². The van der Waals surface area contributed by atoms with Gasteiger partial charge in [0, 0.05) is 4.88 Å². The van der Waals surface area contributed by atoms with Crippen molar-refractivity contribution >= 4 is 40.2 Å². The van der Waals surface area contributed by atoms with Gasteiger partial charge in [-0.2, -0.15) is 0 Å². The van der Waals surface area contributed by atoms with Crippen LogP contribution >= 0.6 is 11.3 Å². The Balaban J connectivity index is 1.48. The summed E-state index contributed by atoms with van der Waals surface area (Å²) in [7, 11) is 1.31. The molecule has 3 aliphatic rings. The average Bonchev–Trinajstić information content (AvgIpc) is 3.33. The maximum absolute atomic E-state index is 12.9. The maximum Gasteiger partial charge on any atom is 0.341 e. The normalized spacial score (nSPS) is 25.9. The summed E-state index contributed by atoms with van der Waals surface area (Å²) in [6.07, 6.45) is 5.56. The molecule has 29 heavy (non-hydrogen) atoms. The summed E-state index contributed by atoms with van der Waals surface area (Å²) in [4.78, 5) is 52.2. The Kier molecular flexibility index (Phi) is 5.10. The van der Waals surface area contributed by atoms with Gasteiger partial charge < -0.3 is 15.4 Å². The number of nitrogens with one attached hydrogen (secondary N) is 2. The third kappa shape index (κ3) is 3.41. The highest BCUT2D eigenvalue weighted by Crippen LogP contribution is 2.40. The number of anilines is 1. The topological polar surface area (TPSA) is 105 Å². The number of thiophene rings is 1. The number of amides is 4. The van der Waals surface area contributed by atoms with Crippen LogP contribution in [0, 0.1) is 5.92 Å². The van der Waals surface area contributed by atoms with Crippen molar-refractivity contribution < 1.29 is 23.9 Å². The standard InChI is InChI=1S/C20H25N3O5S/c1-11-6-8-20(9-7-11)18(26)23(19(27)22-20)10-14(24)21-16-15(17(25)28-2)12-4-3-5-13(12)29-16/h11H,3-10H2,1-2H3,(H,21,24)(H,22,27). The minimum Gasteiger partial charge on any atom is -0.465 e. The largest absolute Gasteiger partial charge is 0.465 e. The highest BCUT2D eigenvalue weighted by atomic mass is 32.1. The predicted molar refractivity (Wildman–Crippen MR) is 107 cm³/mol. The summed E-state index contributed by atoms with van der Waals surface area (Å²) in [5, 5.41) is 5.97. The van der Waals surface area contributed by atoms with Crippen LogP contribution in [-0.2, 0) is 27.2 Å². The van der Waals surface area contributed by atoms with Crippen molar-refractivity contribution in [1.29, 1.82) is 0 Å². The van der Waals surface area contributed by atoms with Gasteiger partial charge in [0.25, 0.3) is 5.91 Å². The van der Waals surface area contributed by atoms with Crippen LogP contribution in [0.15, 0.2) is 0 Å². The molecule has 2 aliphatic carbocycles. The Hall–Kier alpha value is -2.42. The Morgan fingerprint density at radius 2 is 2.00 bits per heavy atom. The fraction of sp³-hybridized carbons (Fsp3) is 0.600. The molecule has 0 bridgehead atoms. The van der Waals surface area contributed by atoms with Gasteiger partial charge in [0.2, 0.25) is 5.91 Å². The summed E-state index contributed by atoms with van der Waals surface area (Å²) in [6, 6.07) is -0.526. The lowest BCUT2D eigenvalue weighted by Gasteiger charge is -2.33. The number of methoxy groups -OCH3 is 1. The number of rotatable bonds is 4. The Morgan fingerprint density at radius 3 is 2.69 bits per heavy atom. The summed E-state index contributed by atoms with van der Waals surface area (Å²) in [6.45, 7) is 1.77. The van der Waals surface area contributed by atoms with Crippen LogP contribution in [0.5, 0.6) is 0 Å². The number of urea groups is 1. The zero-order chi connectivity index (χ0) is 20.8. The van der Waals surface area contributed by atoms with E-state index in [9.17, 15) is 19.2 Å². The van der Waals surface area contributed by atoms with E-state index in [1.54, 1.807) is 0 Å². The molecule has 1 aromatic rings. The molecular formula is C20H25N3O5S. The average molecular weight is 420 g/mol. The van der Waals surface area contributed by atoms with Crippen molar-refractivity contribution in [3.63, 3.8) is 0 Å². The molecular weight excluding hydrogens is 394 g/mol. The molecule has 1 aromatic heterocycles. The minimum absolute atomic E-state index is 0.327. The van der Waals surface area contributed by atoms with Crippen LogP contribution in [0.2, 0.25) is 0 Å². The quantitative estimate of drug-likeness (QED) is 0.576. The number of carbonyl (C=O) groups is 4. The van der Waals surface area contributed by atoms with Gasteiger partial charge in [-0.25, -0.2) is 9.59 Å². The van der Waals surface area contributed by atoms with Gasteiger partial charge in [0.1, 0.15) is 17.1 Å². The fourth-order valence-electron chi connectivity index (χ4n) is 4.53. The van der Waals surface area contributed by atoms with Crippen molar-refractivity contribution in [3.05, 3.63) is 16.0 Å². The van der Waals surface area contributed by atoms with E-state index >= 15 is 0 Å². The molecule has 2 fully saturated rings. The predicted octanol–water partition coefficient (Wildman–Crippen LogP) is 2.46. The van der Waals surface area contributed by atoms with Gasteiger partial charge in [0.05, 0.1) is 12.7 Å². The van der Waals surface area contributed by atoms with Gasteiger partial charge in [-0.15, -0.1) is 11.3 Å². The maximum atomic E-state index is 12.9. The number of hydrogen-bond donors (Lipinski definition) is 2. The lowest BCUT2D eigenvalue weighted by atomic mass is 9.77. The van der Waals surface area contributed by atoms with E-state index in [-0.39, 0.29) is 12.5 Å². The van der Waals surface area contributed by atoms with E-state index in [0.29, 0.717) is 29.3 Å². The second-order valence-electron chi connectivity index (χ2n) is 8.19. The van der Waals surface area contributed by atoms with Crippen LogP contribution in [0.3, 0.4) is 0 Å². The van der Waals surface area contributed by atoms with Crippen molar-refractivity contribution in [1.82, 2.24) is 10.2 Å². The van der Waals surface area contributed by atoms with E-state index < -0.39 is 23.4 Å². The molecule has 4 amide bonds. The van der Waals surface area contributed by atoms with Gasteiger partial charge >= 0.3 is 12.0 Å². The molecule has 0 atom stereocenters. The number of aryl methyl sites for hydroxylation is 1. The van der Waals surface area contributed by atoms with Crippen LogP contribution in [-0.4, -0.2) is 47.9 Å². The smallest absolute Gasteiger partial charge is 0.341 e. The van der Waals surface area contributed by atoms with Crippen LogP contribution in [0.25, 0.3) is 0 Å². The second-order valence-corrected chi connectivity index (χ2v) is 9.29. The van der Waals surface area contributed by atoms with E-state index in [4.69, 9.17) is 4.74 Å². The molecule has 0 aromatic carbocycles. The molecule has 0 radical (unpaired) electrons. The van der Waals surface area contributed by atoms with Crippen molar-refractivity contribution in [2.24, 2.45) is 5.92 Å². The molecule has 0 unspecified atom stereocenters. The number of ether oxygens (including phenoxy) is 1. The molecule has 4 rings (SSSR count). The van der Waals surface area contributed by atoms with Crippen molar-refractivity contribution in [3.8, 4) is 0 Å². The lowest BCUT2D eigenvalue weighted by molar-refractivity contribution is -0.135. The van der Waals surface area contributed by atoms with E-state index in [0.717, 1.165) is 47.4 Å². The van der Waals surface area contributed by atoms with E-state index in [1.807, 2.05) is 0 Å². The summed E-state index contributed by atoms with van der Waals surface area (Å²) in [5.41, 5.74) is 0.459. The van der Waals surface area contributed by atoms with Crippen molar-refractivity contribution in [2.45, 2.75) is 57.4 Å². The van der Waals surface area contributed by atoms with Crippen LogP contribution in [0.1, 0.15) is 59.8 Å². The molecule has 1 spiro atoms. The zero-order valence-electron chi connectivity index (χ0n) is 16.6. The third-order valence-electron chi connectivity index (χ3n) is 6.24. The van der Waals surface area contributed by atoms with E-state index in [1.165, 1.54) is 18.4 Å². The first-order chi connectivity index (χ1) is 13.8. The Bertz CT molecular complexity index is 885. The molecule has 1 saturated carbocycles. The molecule has 2 N–H and O–H groups in total. The first-order valence-electron chi connectivity index (χ1n) is 10.0. The SMILES string of the molecule is COC(=O)c1c(NC(=O)CN2C(=O)NC3(CCC(C)CC3)C2=O)sc2c1CCC2. The fourth-order valence-corrected chi connectivity index (χ4v) is 5.83. The highest BCUT2D eigenvalue weighted by molar-refractivity contribution is 7.17. The van der Waals surface area contributed by atoms with Gasteiger partial charge in [0.15, 0.2) is 0 Å². The Labute approximate surface area is 173 Å². The number of nitrogens with zero attached hydrogens (tertiary/aromatic N) is 1. The first-order valence-corrected chi connectivity index (χ1v) is 10.8. The number of carbonyl (C=O) groups excluding carboxylic acids is 4. The molecule has 8 nitrogen and oxygen atoms in total.